The Morgan fingerprint density at radius 2 is 1.65 bits per heavy atom. The lowest BCUT2D eigenvalue weighted by Gasteiger charge is -2.00. The SMILES string of the molecule is N#Cc1cc(C#N)c2c(=O)cc(O)c(=O)[nH]c2c1C#N. The number of nitrogens with zero attached hydrogens (tertiary/aromatic N) is 3. The highest BCUT2D eigenvalue weighted by Gasteiger charge is 2.15. The van der Waals surface area contributed by atoms with Crippen molar-refractivity contribution >= 4 is 10.9 Å². The van der Waals surface area contributed by atoms with E-state index in [1.165, 1.54) is 0 Å². The number of nitrogens with one attached hydrogen (secondary N) is 1. The van der Waals surface area contributed by atoms with Gasteiger partial charge in [-0.3, -0.25) is 9.59 Å². The fourth-order valence-electron chi connectivity index (χ4n) is 1.80. The average molecular weight is 264 g/mol. The molecule has 0 aliphatic heterocycles. The minimum absolute atomic E-state index is 0.141. The van der Waals surface area contributed by atoms with Gasteiger partial charge in [0.15, 0.2) is 11.2 Å². The van der Waals surface area contributed by atoms with Crippen LogP contribution in [0.3, 0.4) is 0 Å². The second kappa shape index (κ2) is 4.56. The zero-order valence-electron chi connectivity index (χ0n) is 9.76. The van der Waals surface area contributed by atoms with Gasteiger partial charge in [-0.25, -0.2) is 0 Å². The predicted molar refractivity (Wildman–Crippen MR) is 66.6 cm³/mol. The lowest BCUT2D eigenvalue weighted by Crippen LogP contribution is -2.03. The average Bonchev–Trinajstić information content (AvgIpc) is 2.55. The second-order valence-corrected chi connectivity index (χ2v) is 3.78. The number of aromatic hydroxyl groups is 1. The first-order valence-corrected chi connectivity index (χ1v) is 5.21. The van der Waals surface area contributed by atoms with E-state index in [2.05, 4.69) is 4.98 Å². The van der Waals surface area contributed by atoms with E-state index in [0.29, 0.717) is 6.07 Å². The van der Waals surface area contributed by atoms with Crippen molar-refractivity contribution in [2.24, 2.45) is 0 Å². The fraction of sp³-hybridized carbons (Fsp3) is 0. The first kappa shape index (κ1) is 12.8. The molecule has 0 unspecified atom stereocenters. The highest BCUT2D eigenvalue weighted by atomic mass is 16.3. The maximum atomic E-state index is 11.9. The molecule has 94 valence electrons. The Hall–Kier alpha value is -3.63. The van der Waals surface area contributed by atoms with Gasteiger partial charge in [0.05, 0.1) is 27.6 Å². The van der Waals surface area contributed by atoms with Crippen molar-refractivity contribution in [2.75, 3.05) is 0 Å². The Balaban J connectivity index is 3.34. The van der Waals surface area contributed by atoms with Crippen molar-refractivity contribution < 1.29 is 5.11 Å². The summed E-state index contributed by atoms with van der Waals surface area (Å²) in [7, 11) is 0. The first-order chi connectivity index (χ1) is 9.53. The Morgan fingerprint density at radius 3 is 2.20 bits per heavy atom. The summed E-state index contributed by atoms with van der Waals surface area (Å²) in [6.07, 6.45) is 0. The van der Waals surface area contributed by atoms with Crippen LogP contribution in [0.15, 0.2) is 21.7 Å². The predicted octanol–water partition coefficient (Wildman–Crippen LogP) is 0.209. The number of rotatable bonds is 0. The van der Waals surface area contributed by atoms with Crippen LogP contribution in [-0.4, -0.2) is 10.1 Å². The minimum Gasteiger partial charge on any atom is -0.503 e. The van der Waals surface area contributed by atoms with E-state index in [1.54, 1.807) is 18.2 Å². The molecule has 0 amide bonds. The van der Waals surface area contributed by atoms with Crippen LogP contribution in [0.25, 0.3) is 10.9 Å². The van der Waals surface area contributed by atoms with Gasteiger partial charge in [-0.05, 0) is 6.07 Å². The van der Waals surface area contributed by atoms with E-state index in [4.69, 9.17) is 15.8 Å². The van der Waals surface area contributed by atoms with Crippen molar-refractivity contribution in [1.82, 2.24) is 4.98 Å². The lowest BCUT2D eigenvalue weighted by atomic mass is 10.0. The summed E-state index contributed by atoms with van der Waals surface area (Å²) < 4.78 is 0. The molecule has 1 heterocycles. The first-order valence-electron chi connectivity index (χ1n) is 5.21. The third-order valence-electron chi connectivity index (χ3n) is 2.67. The molecular formula is C13H4N4O3. The maximum Gasteiger partial charge on any atom is 0.290 e. The number of aromatic nitrogens is 1. The summed E-state index contributed by atoms with van der Waals surface area (Å²) in [5.41, 5.74) is -2.56. The fourth-order valence-corrected chi connectivity index (χ4v) is 1.80. The molecule has 1 aromatic heterocycles. The quantitative estimate of drug-likeness (QED) is 0.696. The monoisotopic (exact) mass is 264 g/mol. The molecule has 0 saturated carbocycles. The van der Waals surface area contributed by atoms with Gasteiger partial charge in [0, 0.05) is 6.07 Å². The molecule has 2 rings (SSSR count). The summed E-state index contributed by atoms with van der Waals surface area (Å²) in [6, 6.07) is 6.91. The Bertz CT molecular complexity index is 984. The number of nitriles is 3. The van der Waals surface area contributed by atoms with E-state index in [-0.39, 0.29) is 27.6 Å². The molecule has 0 saturated heterocycles. The van der Waals surface area contributed by atoms with Crippen LogP contribution in [-0.2, 0) is 0 Å². The van der Waals surface area contributed by atoms with Gasteiger partial charge in [0.1, 0.15) is 18.2 Å². The molecule has 7 heteroatoms. The molecule has 0 fully saturated rings. The summed E-state index contributed by atoms with van der Waals surface area (Å²) in [4.78, 5) is 25.6. The number of aromatic amines is 1. The summed E-state index contributed by atoms with van der Waals surface area (Å²) in [5.74, 6) is -0.836. The molecule has 2 N–H and O–H groups in total. The van der Waals surface area contributed by atoms with Crippen LogP contribution in [0.1, 0.15) is 16.7 Å². The van der Waals surface area contributed by atoms with E-state index >= 15 is 0 Å². The molecule has 7 nitrogen and oxygen atoms in total. The molecule has 0 aliphatic carbocycles. The molecule has 0 radical (unpaired) electrons. The third kappa shape index (κ3) is 1.74. The molecule has 0 aliphatic rings. The second-order valence-electron chi connectivity index (χ2n) is 3.78. The van der Waals surface area contributed by atoms with E-state index in [0.717, 1.165) is 6.07 Å². The molecule has 0 atom stereocenters. The number of hydrogen-bond acceptors (Lipinski definition) is 6. The van der Waals surface area contributed by atoms with Gasteiger partial charge in [-0.15, -0.1) is 0 Å². The third-order valence-corrected chi connectivity index (χ3v) is 2.67. The Morgan fingerprint density at radius 1 is 1.00 bits per heavy atom. The van der Waals surface area contributed by atoms with Crippen LogP contribution in [0.5, 0.6) is 5.75 Å². The van der Waals surface area contributed by atoms with Crippen molar-refractivity contribution in [2.45, 2.75) is 0 Å². The largest absolute Gasteiger partial charge is 0.503 e. The van der Waals surface area contributed by atoms with E-state index in [9.17, 15) is 14.7 Å². The van der Waals surface area contributed by atoms with Gasteiger partial charge >= 0.3 is 0 Å². The van der Waals surface area contributed by atoms with Crippen molar-refractivity contribution in [3.05, 3.63) is 49.4 Å². The van der Waals surface area contributed by atoms with Crippen molar-refractivity contribution in [3.8, 4) is 24.0 Å². The van der Waals surface area contributed by atoms with Crippen LogP contribution < -0.4 is 11.0 Å². The summed E-state index contributed by atoms with van der Waals surface area (Å²) in [5, 5.41) is 36.2. The zero-order valence-corrected chi connectivity index (χ0v) is 9.76. The van der Waals surface area contributed by atoms with Gasteiger partial charge in [0.25, 0.3) is 5.56 Å². The molecule has 20 heavy (non-hydrogen) atoms. The van der Waals surface area contributed by atoms with E-state index < -0.39 is 16.7 Å². The standard InChI is InChI=1S/C13H4N4O3/c14-3-6-1-7(4-15)11-9(18)2-10(19)13(20)17-12(11)8(6)5-16/h1-2,19H,(H,17,20). The van der Waals surface area contributed by atoms with Crippen LogP contribution in [0, 0.1) is 34.0 Å². The summed E-state index contributed by atoms with van der Waals surface area (Å²) >= 11 is 0. The van der Waals surface area contributed by atoms with Crippen molar-refractivity contribution in [3.63, 3.8) is 0 Å². The summed E-state index contributed by atoms with van der Waals surface area (Å²) in [6.45, 7) is 0. The Labute approximate surface area is 111 Å². The van der Waals surface area contributed by atoms with E-state index in [1.807, 2.05) is 0 Å². The number of H-pyrrole nitrogens is 1. The van der Waals surface area contributed by atoms with Gasteiger partial charge in [-0.1, -0.05) is 0 Å². The maximum absolute atomic E-state index is 11.9. The number of hydrogen-bond donors (Lipinski definition) is 2. The topological polar surface area (TPSA) is 142 Å². The molecule has 1 aromatic carbocycles. The molecular weight excluding hydrogens is 260 g/mol. The minimum atomic E-state index is -0.993. The molecule has 0 bridgehead atoms. The highest BCUT2D eigenvalue weighted by molar-refractivity contribution is 5.90. The number of fused-ring (bicyclic) bond motifs is 1. The Kier molecular flexibility index (Phi) is 2.93. The van der Waals surface area contributed by atoms with Crippen LogP contribution in [0.4, 0.5) is 0 Å². The molecule has 0 spiro atoms. The van der Waals surface area contributed by atoms with Gasteiger partial charge < -0.3 is 10.1 Å². The lowest BCUT2D eigenvalue weighted by molar-refractivity contribution is 0.468. The highest BCUT2D eigenvalue weighted by Crippen LogP contribution is 2.20. The van der Waals surface area contributed by atoms with Gasteiger partial charge in [0.2, 0.25) is 0 Å². The van der Waals surface area contributed by atoms with Gasteiger partial charge in [-0.2, -0.15) is 15.8 Å². The van der Waals surface area contributed by atoms with Crippen LogP contribution >= 0.6 is 0 Å². The van der Waals surface area contributed by atoms with Crippen molar-refractivity contribution in [1.29, 1.82) is 15.8 Å². The van der Waals surface area contributed by atoms with Crippen LogP contribution in [0.2, 0.25) is 0 Å². The zero-order chi connectivity index (χ0) is 14.9. The normalized spacial score (nSPS) is 9.45. The molecule has 2 aromatic rings. The number of benzene rings is 1. The smallest absolute Gasteiger partial charge is 0.290 e.